The topological polar surface area (TPSA) is 0 Å². The van der Waals surface area contributed by atoms with Gasteiger partial charge in [-0.15, -0.1) is 0 Å². The summed E-state index contributed by atoms with van der Waals surface area (Å²) in [5, 5.41) is 0. The monoisotopic (exact) mass is 110 g/mol. The molecule has 1 aromatic heterocycles. The van der Waals surface area contributed by atoms with Crippen LogP contribution in [0.5, 0.6) is 0 Å². The third-order valence-corrected chi connectivity index (χ3v) is 3.03. The van der Waals surface area contributed by atoms with Gasteiger partial charge in [-0.1, -0.05) is 0 Å². The molecule has 0 aromatic carbocycles. The van der Waals surface area contributed by atoms with E-state index >= 15 is 0 Å². The Labute approximate surface area is 41.5 Å². The van der Waals surface area contributed by atoms with Crippen LogP contribution < -0.4 is 0 Å². The van der Waals surface area contributed by atoms with E-state index in [9.17, 15) is 0 Å². The predicted molar refractivity (Wildman–Crippen MR) is 33.0 cm³/mol. The number of hydrogen-bond acceptors (Lipinski definition) is 0. The second kappa shape index (κ2) is 2.38. The van der Waals surface area contributed by atoms with Crippen molar-refractivity contribution in [3.8, 4) is 0 Å². The molecular formula is C3H4BPSi. The van der Waals surface area contributed by atoms with Crippen molar-refractivity contribution >= 4 is 23.0 Å². The second-order valence-electron chi connectivity index (χ2n) is 1.02. The molecule has 0 nitrogen and oxygen atoms in total. The molecule has 0 atom stereocenters. The molecular weight excluding hydrogens is 106 g/mol. The van der Waals surface area contributed by atoms with E-state index in [0.29, 0.717) is 8.77 Å². The van der Waals surface area contributed by atoms with Gasteiger partial charge in [0.15, 0.2) is 0 Å². The van der Waals surface area contributed by atoms with E-state index in [2.05, 4.69) is 24.3 Å². The van der Waals surface area contributed by atoms with E-state index in [1.165, 1.54) is 7.60 Å². The zero-order valence-electron chi connectivity index (χ0n) is 3.33. The van der Waals surface area contributed by atoms with Gasteiger partial charge in [-0.05, 0) is 0 Å². The first kappa shape index (κ1) is 4.35. The predicted octanol–water partition coefficient (Wildman–Crippen LogP) is 0.675. The van der Waals surface area contributed by atoms with Crippen molar-refractivity contribution in [3.05, 3.63) is 17.7 Å². The zero-order valence-corrected chi connectivity index (χ0v) is 5.38. The van der Waals surface area contributed by atoms with Crippen LogP contribution in [0.25, 0.3) is 0 Å². The van der Waals surface area contributed by atoms with Gasteiger partial charge in [0.25, 0.3) is 0 Å². The van der Waals surface area contributed by atoms with E-state index in [4.69, 9.17) is 0 Å². The fourth-order valence-corrected chi connectivity index (χ4v) is 2.13. The number of hydrogen-bond donors (Lipinski definition) is 0. The van der Waals surface area contributed by atoms with Crippen molar-refractivity contribution in [2.75, 3.05) is 0 Å². The van der Waals surface area contributed by atoms with Crippen molar-refractivity contribution in [2.24, 2.45) is 0 Å². The first-order valence-electron chi connectivity index (χ1n) is 1.85. The van der Waals surface area contributed by atoms with Gasteiger partial charge in [0.2, 0.25) is 0 Å². The summed E-state index contributed by atoms with van der Waals surface area (Å²) >= 11 is 0. The first-order chi connectivity index (χ1) is 3.00. The normalized spacial score (nSPS) is 8.67. The van der Waals surface area contributed by atoms with E-state index in [1.807, 2.05) is 0 Å². The van der Waals surface area contributed by atoms with Gasteiger partial charge in [0.05, 0.1) is 0 Å². The molecule has 0 spiro atoms. The van der Waals surface area contributed by atoms with Crippen LogP contribution in [0, 0.1) is 0 Å². The Bertz CT molecular complexity index is 82.7. The minimum atomic E-state index is 0.610. The summed E-state index contributed by atoms with van der Waals surface area (Å²) in [5.74, 6) is 2.10. The van der Waals surface area contributed by atoms with Crippen molar-refractivity contribution in [1.29, 1.82) is 0 Å². The van der Waals surface area contributed by atoms with Crippen LogP contribution in [0.3, 0.4) is 0 Å². The molecule has 0 fully saturated rings. The first-order valence-corrected chi connectivity index (χ1v) is 5.10. The van der Waals surface area contributed by atoms with Crippen LogP contribution in [0.2, 0.25) is 0 Å². The van der Waals surface area contributed by atoms with E-state index < -0.39 is 0 Å². The van der Waals surface area contributed by atoms with Crippen LogP contribution in [-0.4, -0.2) is 15.4 Å². The Morgan fingerprint density at radius 3 is 2.83 bits per heavy atom. The van der Waals surface area contributed by atoms with Crippen LogP contribution in [0.15, 0.2) is 17.7 Å². The van der Waals surface area contributed by atoms with Gasteiger partial charge < -0.3 is 0 Å². The molecule has 0 aliphatic carbocycles. The zero-order chi connectivity index (χ0) is 4.24. The molecule has 0 bridgehead atoms. The Kier molecular flexibility index (Phi) is 1.73. The van der Waals surface area contributed by atoms with Crippen LogP contribution in [0.4, 0.5) is 0 Å². The molecule has 1 rings (SSSR count). The molecule has 1 heterocycles. The quantitative estimate of drug-likeness (QED) is 0.430. The average molecular weight is 110 g/mol. The third kappa shape index (κ3) is 1.11. The standard InChI is InChI=1S/C3H4BPSi/c1-2-4-5-6-3-1/h1-3,6H. The van der Waals surface area contributed by atoms with Crippen molar-refractivity contribution in [3.63, 3.8) is 0 Å². The molecule has 3 heteroatoms. The molecule has 0 N–H and O–H groups in total. The van der Waals surface area contributed by atoms with Gasteiger partial charge in [-0.2, -0.15) is 0 Å². The molecule has 28 valence electrons. The summed E-state index contributed by atoms with van der Waals surface area (Å²) in [4.78, 5) is 0. The molecule has 0 unspecified atom stereocenters. The molecule has 0 aliphatic heterocycles. The fourth-order valence-electron chi connectivity index (χ4n) is 0.313. The van der Waals surface area contributed by atoms with Crippen molar-refractivity contribution < 1.29 is 0 Å². The Morgan fingerprint density at radius 1 is 1.67 bits per heavy atom. The van der Waals surface area contributed by atoms with Crippen LogP contribution in [-0.2, 0) is 0 Å². The van der Waals surface area contributed by atoms with Gasteiger partial charge in [-0.25, -0.2) is 0 Å². The summed E-state index contributed by atoms with van der Waals surface area (Å²) in [5.41, 5.74) is 2.25. The number of rotatable bonds is 0. The maximum absolute atomic E-state index is 2.25. The molecule has 0 amide bonds. The Balaban J connectivity index is 3.00. The maximum atomic E-state index is 2.25. The summed E-state index contributed by atoms with van der Waals surface area (Å²) in [6.07, 6.45) is 0. The summed E-state index contributed by atoms with van der Waals surface area (Å²) in [7, 11) is 2.12. The summed E-state index contributed by atoms with van der Waals surface area (Å²) < 4.78 is 0. The molecule has 1 aromatic rings. The fraction of sp³-hybridized carbons (Fsp3) is 0. The molecule has 6 heavy (non-hydrogen) atoms. The third-order valence-electron chi connectivity index (χ3n) is 0.566. The van der Waals surface area contributed by atoms with Gasteiger partial charge in [0.1, 0.15) is 0 Å². The minimum absolute atomic E-state index is 0.610. The van der Waals surface area contributed by atoms with Crippen LogP contribution in [0.1, 0.15) is 0 Å². The molecule has 0 saturated carbocycles. The summed E-state index contributed by atoms with van der Waals surface area (Å²) in [6.45, 7) is 2.19. The van der Waals surface area contributed by atoms with Gasteiger partial charge in [-0.3, -0.25) is 0 Å². The molecule has 0 saturated heterocycles. The van der Waals surface area contributed by atoms with E-state index in [-0.39, 0.29) is 0 Å². The Morgan fingerprint density at radius 2 is 2.67 bits per heavy atom. The van der Waals surface area contributed by atoms with E-state index in [0.717, 1.165) is 0 Å². The van der Waals surface area contributed by atoms with Gasteiger partial charge in [0, 0.05) is 0 Å². The summed E-state index contributed by atoms with van der Waals surface area (Å²) in [6, 6.07) is 2.12. The van der Waals surface area contributed by atoms with Crippen molar-refractivity contribution in [1.82, 2.24) is 0 Å². The average Bonchev–Trinajstić information content (AvgIpc) is 1.72. The molecule has 0 radical (unpaired) electrons. The Hall–Kier alpha value is 0.192. The van der Waals surface area contributed by atoms with E-state index in [1.54, 1.807) is 0 Å². The van der Waals surface area contributed by atoms with Gasteiger partial charge >= 0.3 is 40.7 Å². The van der Waals surface area contributed by atoms with Crippen LogP contribution >= 0.6 is 7.60 Å². The van der Waals surface area contributed by atoms with Crippen molar-refractivity contribution in [2.45, 2.75) is 0 Å². The molecule has 0 aliphatic rings. The SMILES string of the molecule is b1ccc[siH]p1. The second-order valence-corrected chi connectivity index (χ2v) is 4.09.